The molecule has 1 heterocycles. The fourth-order valence-corrected chi connectivity index (χ4v) is 3.51. The molecule has 3 heteroatoms. The number of ether oxygens (including phenoxy) is 2. The summed E-state index contributed by atoms with van der Waals surface area (Å²) in [4.78, 5) is 0. The molecule has 0 atom stereocenters. The van der Waals surface area contributed by atoms with Crippen molar-refractivity contribution in [2.45, 2.75) is 57.5 Å². The van der Waals surface area contributed by atoms with Gasteiger partial charge in [0.2, 0.25) is 0 Å². The molecule has 0 aromatic heterocycles. The Labute approximate surface area is 118 Å². The summed E-state index contributed by atoms with van der Waals surface area (Å²) in [6, 6.07) is 0. The lowest BCUT2D eigenvalue weighted by Gasteiger charge is -2.40. The molecule has 1 spiro atoms. The molecule has 0 radical (unpaired) electrons. The lowest BCUT2D eigenvalue weighted by molar-refractivity contribution is -0.187. The number of hydrogen-bond donors (Lipinski definition) is 0. The van der Waals surface area contributed by atoms with Gasteiger partial charge in [-0.25, -0.2) is 0 Å². The smallest absolute Gasteiger partial charge is 0.168 e. The molecule has 106 valence electrons. The Morgan fingerprint density at radius 2 is 1.68 bits per heavy atom. The third-order valence-corrected chi connectivity index (χ3v) is 4.90. The van der Waals surface area contributed by atoms with E-state index < -0.39 is 8.07 Å². The van der Waals surface area contributed by atoms with Gasteiger partial charge in [-0.15, -0.1) is 18.0 Å². The number of allylic oxidation sites excluding steroid dienone is 1. The summed E-state index contributed by atoms with van der Waals surface area (Å²) in [5.74, 6) is 3.33. The molecule has 0 N–H and O–H groups in total. The number of rotatable bonds is 2. The Hall–Kier alpha value is -0.563. The van der Waals surface area contributed by atoms with Gasteiger partial charge < -0.3 is 9.47 Å². The van der Waals surface area contributed by atoms with Crippen molar-refractivity contribution in [1.82, 2.24) is 0 Å². The zero-order valence-corrected chi connectivity index (χ0v) is 13.6. The first-order valence-electron chi connectivity index (χ1n) is 7.32. The van der Waals surface area contributed by atoms with Gasteiger partial charge in [-0.1, -0.05) is 25.7 Å². The maximum Gasteiger partial charge on any atom is 0.168 e. The highest BCUT2D eigenvalue weighted by Crippen LogP contribution is 2.46. The van der Waals surface area contributed by atoms with Crippen molar-refractivity contribution in [2.75, 3.05) is 13.2 Å². The van der Waals surface area contributed by atoms with E-state index in [0.29, 0.717) is 0 Å². The van der Waals surface area contributed by atoms with E-state index in [4.69, 9.17) is 9.47 Å². The zero-order chi connectivity index (χ0) is 14.0. The topological polar surface area (TPSA) is 18.5 Å². The van der Waals surface area contributed by atoms with E-state index in [1.165, 1.54) is 0 Å². The first-order chi connectivity index (χ1) is 8.89. The third-order valence-electron chi connectivity index (χ3n) is 4.02. The van der Waals surface area contributed by atoms with Crippen molar-refractivity contribution < 1.29 is 9.47 Å². The molecule has 1 saturated carbocycles. The molecule has 0 unspecified atom stereocenters. The van der Waals surface area contributed by atoms with E-state index in [0.717, 1.165) is 45.3 Å². The van der Waals surface area contributed by atoms with Crippen LogP contribution in [0.2, 0.25) is 19.6 Å². The molecule has 0 aromatic carbocycles. The molecule has 0 bridgehead atoms. The SMILES string of the molecule is C=CCC1(C#C[Si](C)(C)C)CCC2(CC1)OCCO2. The number of hydrogen-bond acceptors (Lipinski definition) is 2. The largest absolute Gasteiger partial charge is 0.348 e. The molecule has 0 aromatic rings. The summed E-state index contributed by atoms with van der Waals surface area (Å²) in [7, 11) is -1.32. The molecule has 1 saturated heterocycles. The highest BCUT2D eigenvalue weighted by molar-refractivity contribution is 6.83. The van der Waals surface area contributed by atoms with Crippen molar-refractivity contribution in [3.05, 3.63) is 12.7 Å². The zero-order valence-electron chi connectivity index (χ0n) is 12.6. The predicted molar refractivity (Wildman–Crippen MR) is 81.5 cm³/mol. The van der Waals surface area contributed by atoms with Crippen LogP contribution in [0.15, 0.2) is 12.7 Å². The summed E-state index contributed by atoms with van der Waals surface area (Å²) < 4.78 is 11.6. The normalized spacial score (nSPS) is 24.8. The predicted octanol–water partition coefficient (Wildman–Crippen LogP) is 3.75. The third kappa shape index (κ3) is 3.72. The summed E-state index contributed by atoms with van der Waals surface area (Å²) in [5.41, 5.74) is 3.67. The Kier molecular flexibility index (Phi) is 4.25. The van der Waals surface area contributed by atoms with Crippen LogP contribution in [0.25, 0.3) is 0 Å². The van der Waals surface area contributed by atoms with Gasteiger partial charge in [0.05, 0.1) is 13.2 Å². The summed E-state index contributed by atoms with van der Waals surface area (Å²) in [6.07, 6.45) is 7.09. The second-order valence-electron chi connectivity index (χ2n) is 6.88. The van der Waals surface area contributed by atoms with E-state index in [-0.39, 0.29) is 11.2 Å². The van der Waals surface area contributed by atoms with E-state index in [1.807, 2.05) is 6.08 Å². The Morgan fingerprint density at radius 1 is 1.11 bits per heavy atom. The van der Waals surface area contributed by atoms with Gasteiger partial charge in [0, 0.05) is 18.3 Å². The monoisotopic (exact) mass is 278 g/mol. The lowest BCUT2D eigenvalue weighted by Crippen LogP contribution is -2.39. The fraction of sp³-hybridized carbons (Fsp3) is 0.750. The van der Waals surface area contributed by atoms with E-state index >= 15 is 0 Å². The summed E-state index contributed by atoms with van der Waals surface area (Å²) >= 11 is 0. The molecule has 2 nitrogen and oxygen atoms in total. The molecular weight excluding hydrogens is 252 g/mol. The van der Waals surface area contributed by atoms with Crippen LogP contribution in [0.3, 0.4) is 0 Å². The molecule has 1 aliphatic carbocycles. The minimum atomic E-state index is -1.32. The highest BCUT2D eigenvalue weighted by atomic mass is 28.3. The summed E-state index contributed by atoms with van der Waals surface area (Å²) in [6.45, 7) is 12.3. The first-order valence-corrected chi connectivity index (χ1v) is 10.8. The minimum absolute atomic E-state index is 0.114. The van der Waals surface area contributed by atoms with Crippen LogP contribution in [-0.2, 0) is 9.47 Å². The minimum Gasteiger partial charge on any atom is -0.348 e. The lowest BCUT2D eigenvalue weighted by atomic mass is 9.70. The van der Waals surface area contributed by atoms with Gasteiger partial charge >= 0.3 is 0 Å². The van der Waals surface area contributed by atoms with Gasteiger partial charge in [0.1, 0.15) is 8.07 Å². The van der Waals surface area contributed by atoms with Crippen LogP contribution in [-0.4, -0.2) is 27.1 Å². The van der Waals surface area contributed by atoms with Crippen molar-refractivity contribution in [3.63, 3.8) is 0 Å². The quantitative estimate of drug-likeness (QED) is 0.435. The van der Waals surface area contributed by atoms with Crippen LogP contribution in [0.1, 0.15) is 32.1 Å². The molecule has 0 amide bonds. The van der Waals surface area contributed by atoms with Gasteiger partial charge in [-0.3, -0.25) is 0 Å². The molecular formula is C16H26O2Si. The van der Waals surface area contributed by atoms with Crippen LogP contribution >= 0.6 is 0 Å². The van der Waals surface area contributed by atoms with Crippen LogP contribution in [0.4, 0.5) is 0 Å². The van der Waals surface area contributed by atoms with Crippen molar-refractivity contribution in [1.29, 1.82) is 0 Å². The average molecular weight is 278 g/mol. The van der Waals surface area contributed by atoms with E-state index in [2.05, 4.69) is 37.7 Å². The van der Waals surface area contributed by atoms with Crippen molar-refractivity contribution in [2.24, 2.45) is 5.41 Å². The molecule has 2 fully saturated rings. The van der Waals surface area contributed by atoms with Crippen LogP contribution < -0.4 is 0 Å². The standard InChI is InChI=1S/C16H26O2Si/c1-5-6-15(11-14-19(2,3)4)7-9-16(10-8-15)17-12-13-18-16/h5H,1,6-10,12-13H2,2-4H3. The Bertz CT molecular complexity index is 381. The van der Waals surface area contributed by atoms with Gasteiger partial charge in [-0.05, 0) is 19.3 Å². The second kappa shape index (κ2) is 5.44. The Balaban J connectivity index is 2.09. The maximum absolute atomic E-state index is 5.81. The maximum atomic E-state index is 5.81. The van der Waals surface area contributed by atoms with Crippen molar-refractivity contribution >= 4 is 8.07 Å². The molecule has 1 aliphatic heterocycles. The first kappa shape index (κ1) is 14.8. The van der Waals surface area contributed by atoms with Gasteiger partial charge in [0.25, 0.3) is 0 Å². The van der Waals surface area contributed by atoms with Gasteiger partial charge in [-0.2, -0.15) is 0 Å². The summed E-state index contributed by atoms with van der Waals surface area (Å²) in [5, 5.41) is 0. The molecule has 19 heavy (non-hydrogen) atoms. The van der Waals surface area contributed by atoms with Gasteiger partial charge in [0.15, 0.2) is 5.79 Å². The molecule has 2 rings (SSSR count). The Morgan fingerprint density at radius 3 is 2.16 bits per heavy atom. The average Bonchev–Trinajstić information content (AvgIpc) is 2.79. The fourth-order valence-electron chi connectivity index (χ4n) is 2.87. The van der Waals surface area contributed by atoms with Crippen LogP contribution in [0.5, 0.6) is 0 Å². The molecule has 2 aliphatic rings. The highest BCUT2D eigenvalue weighted by Gasteiger charge is 2.45. The van der Waals surface area contributed by atoms with E-state index in [9.17, 15) is 0 Å². The van der Waals surface area contributed by atoms with E-state index in [1.54, 1.807) is 0 Å². The van der Waals surface area contributed by atoms with Crippen molar-refractivity contribution in [3.8, 4) is 11.5 Å². The second-order valence-corrected chi connectivity index (χ2v) is 11.6. The van der Waals surface area contributed by atoms with Crippen LogP contribution in [0, 0.1) is 16.9 Å².